The predicted octanol–water partition coefficient (Wildman–Crippen LogP) is 2.25. The van der Waals surface area contributed by atoms with Gasteiger partial charge >= 0.3 is 0 Å². The van der Waals surface area contributed by atoms with Crippen LogP contribution in [0.15, 0.2) is 24.3 Å². The summed E-state index contributed by atoms with van der Waals surface area (Å²) in [6, 6.07) is 5.11. The Kier molecular flexibility index (Phi) is 4.17. The second kappa shape index (κ2) is 4.92. The standard InChI is InChI=1S/C11H14ClFO3S/c1-3-11(12,17(2,15)16)10(14)8-5-4-6-9(13)7-8/h4-7,10,14H,3H2,1-2H3/t10-,11+/m0/s1. The zero-order valence-electron chi connectivity index (χ0n) is 9.52. The van der Waals surface area contributed by atoms with Crippen LogP contribution < -0.4 is 0 Å². The lowest BCUT2D eigenvalue weighted by atomic mass is 10.0. The molecule has 0 aliphatic carbocycles. The third kappa shape index (κ3) is 2.78. The highest BCUT2D eigenvalue weighted by atomic mass is 35.5. The summed E-state index contributed by atoms with van der Waals surface area (Å²) in [5.74, 6) is -0.551. The molecule has 0 bridgehead atoms. The Morgan fingerprint density at radius 3 is 2.53 bits per heavy atom. The molecule has 0 spiro atoms. The van der Waals surface area contributed by atoms with Crippen LogP contribution in [0, 0.1) is 5.82 Å². The third-order valence-electron chi connectivity index (χ3n) is 2.67. The minimum atomic E-state index is -3.68. The van der Waals surface area contributed by atoms with Crippen LogP contribution in [0.5, 0.6) is 0 Å². The molecule has 0 saturated carbocycles. The monoisotopic (exact) mass is 280 g/mol. The van der Waals surface area contributed by atoms with Crippen LogP contribution in [-0.2, 0) is 9.84 Å². The number of aliphatic hydroxyl groups is 1. The van der Waals surface area contributed by atoms with Gasteiger partial charge in [0.2, 0.25) is 0 Å². The summed E-state index contributed by atoms with van der Waals surface area (Å²) < 4.78 is 34.4. The van der Waals surface area contributed by atoms with Gasteiger partial charge in [-0.2, -0.15) is 0 Å². The zero-order chi connectivity index (χ0) is 13.3. The van der Waals surface area contributed by atoms with Crippen molar-refractivity contribution in [2.24, 2.45) is 0 Å². The smallest absolute Gasteiger partial charge is 0.174 e. The highest BCUT2D eigenvalue weighted by Crippen LogP contribution is 2.39. The first kappa shape index (κ1) is 14.4. The van der Waals surface area contributed by atoms with Crippen LogP contribution in [0.25, 0.3) is 0 Å². The van der Waals surface area contributed by atoms with E-state index in [0.29, 0.717) is 0 Å². The first-order valence-corrected chi connectivity index (χ1v) is 7.31. The van der Waals surface area contributed by atoms with Crippen LogP contribution in [0.1, 0.15) is 25.0 Å². The van der Waals surface area contributed by atoms with Crippen molar-refractivity contribution in [1.29, 1.82) is 0 Å². The van der Waals surface area contributed by atoms with E-state index in [0.717, 1.165) is 12.3 Å². The molecule has 1 aromatic carbocycles. The van der Waals surface area contributed by atoms with Gasteiger partial charge in [-0.05, 0) is 24.1 Å². The molecule has 0 unspecified atom stereocenters. The molecule has 0 aliphatic heterocycles. The van der Waals surface area contributed by atoms with Gasteiger partial charge in [-0.1, -0.05) is 30.7 Å². The largest absolute Gasteiger partial charge is 0.385 e. The third-order valence-corrected chi connectivity index (χ3v) is 5.73. The molecule has 0 amide bonds. The second-order valence-electron chi connectivity index (χ2n) is 3.87. The zero-order valence-corrected chi connectivity index (χ0v) is 11.1. The predicted molar refractivity (Wildman–Crippen MR) is 65.1 cm³/mol. The summed E-state index contributed by atoms with van der Waals surface area (Å²) >= 11 is 5.98. The lowest BCUT2D eigenvalue weighted by molar-refractivity contribution is 0.154. The van der Waals surface area contributed by atoms with E-state index < -0.39 is 26.0 Å². The molecule has 0 saturated heterocycles. The first-order chi connectivity index (χ1) is 7.72. The molecule has 3 nitrogen and oxygen atoms in total. The van der Waals surface area contributed by atoms with Crippen LogP contribution in [0.2, 0.25) is 0 Å². The van der Waals surface area contributed by atoms with Crippen molar-refractivity contribution in [3.8, 4) is 0 Å². The van der Waals surface area contributed by atoms with Crippen molar-refractivity contribution in [2.75, 3.05) is 6.26 Å². The highest BCUT2D eigenvalue weighted by Gasteiger charge is 2.44. The van der Waals surface area contributed by atoms with Gasteiger partial charge in [0.1, 0.15) is 11.9 Å². The van der Waals surface area contributed by atoms with Gasteiger partial charge in [-0.25, -0.2) is 12.8 Å². The maximum atomic E-state index is 13.0. The number of hydrogen-bond donors (Lipinski definition) is 1. The van der Waals surface area contributed by atoms with E-state index in [9.17, 15) is 17.9 Å². The van der Waals surface area contributed by atoms with Crippen molar-refractivity contribution in [3.63, 3.8) is 0 Å². The summed E-state index contributed by atoms with van der Waals surface area (Å²) in [5.41, 5.74) is 0.146. The van der Waals surface area contributed by atoms with Crippen LogP contribution in [-0.4, -0.2) is 24.0 Å². The Balaban J connectivity index is 3.24. The fourth-order valence-electron chi connectivity index (χ4n) is 1.58. The average Bonchev–Trinajstić information content (AvgIpc) is 2.25. The normalized spacial score (nSPS) is 17.5. The summed E-state index contributed by atoms with van der Waals surface area (Å²) in [7, 11) is -3.68. The van der Waals surface area contributed by atoms with Gasteiger partial charge in [0.05, 0.1) is 0 Å². The Morgan fingerprint density at radius 2 is 2.12 bits per heavy atom. The van der Waals surface area contributed by atoms with Gasteiger partial charge < -0.3 is 5.11 Å². The molecule has 0 heterocycles. The van der Waals surface area contributed by atoms with Crippen molar-refractivity contribution < 1.29 is 17.9 Å². The molecular formula is C11H14ClFO3S. The molecule has 0 aliphatic rings. The summed E-state index contributed by atoms with van der Waals surface area (Å²) in [6.07, 6.45) is -0.503. The van der Waals surface area contributed by atoms with E-state index >= 15 is 0 Å². The maximum absolute atomic E-state index is 13.0. The van der Waals surface area contributed by atoms with Crippen LogP contribution >= 0.6 is 11.6 Å². The fourth-order valence-corrected chi connectivity index (χ4v) is 2.78. The fraction of sp³-hybridized carbons (Fsp3) is 0.455. The molecule has 0 radical (unpaired) electrons. The molecule has 0 aromatic heterocycles. The topological polar surface area (TPSA) is 54.4 Å². The molecule has 2 atom stereocenters. The summed E-state index contributed by atoms with van der Waals surface area (Å²) in [6.45, 7) is 1.55. The second-order valence-corrected chi connectivity index (χ2v) is 7.04. The lowest BCUT2D eigenvalue weighted by Gasteiger charge is -2.29. The van der Waals surface area contributed by atoms with Crippen molar-refractivity contribution in [2.45, 2.75) is 23.7 Å². The number of aliphatic hydroxyl groups excluding tert-OH is 1. The summed E-state index contributed by atoms with van der Waals surface area (Å²) in [4.78, 5) is 0. The van der Waals surface area contributed by atoms with Gasteiger partial charge in [0, 0.05) is 6.26 Å². The Hall–Kier alpha value is -0.650. The molecular weight excluding hydrogens is 267 g/mol. The average molecular weight is 281 g/mol. The van der Waals surface area contributed by atoms with Crippen molar-refractivity contribution in [3.05, 3.63) is 35.6 Å². The van der Waals surface area contributed by atoms with Gasteiger partial charge in [0.15, 0.2) is 14.0 Å². The number of sulfone groups is 1. The number of alkyl halides is 1. The minimum absolute atomic E-state index is 0.0189. The van der Waals surface area contributed by atoms with Crippen LogP contribution in [0.3, 0.4) is 0 Å². The molecule has 1 aromatic rings. The molecule has 0 fully saturated rings. The maximum Gasteiger partial charge on any atom is 0.174 e. The number of benzene rings is 1. The molecule has 1 rings (SSSR count). The van der Waals surface area contributed by atoms with Gasteiger partial charge in [-0.15, -0.1) is 0 Å². The molecule has 6 heteroatoms. The Bertz CT molecular complexity index is 503. The lowest BCUT2D eigenvalue weighted by Crippen LogP contribution is -2.37. The van der Waals surface area contributed by atoms with Crippen molar-refractivity contribution in [1.82, 2.24) is 0 Å². The quantitative estimate of drug-likeness (QED) is 0.861. The van der Waals surface area contributed by atoms with Gasteiger partial charge in [-0.3, -0.25) is 0 Å². The minimum Gasteiger partial charge on any atom is -0.385 e. The SMILES string of the molecule is CC[C@](Cl)([C@@H](O)c1cccc(F)c1)S(C)(=O)=O. The van der Waals surface area contributed by atoms with Crippen molar-refractivity contribution >= 4 is 21.4 Å². The van der Waals surface area contributed by atoms with E-state index in [4.69, 9.17) is 11.6 Å². The molecule has 96 valence electrons. The number of hydrogen-bond acceptors (Lipinski definition) is 3. The van der Waals surface area contributed by atoms with E-state index in [1.807, 2.05) is 0 Å². The Morgan fingerprint density at radius 1 is 1.53 bits per heavy atom. The van der Waals surface area contributed by atoms with Gasteiger partial charge in [0.25, 0.3) is 0 Å². The van der Waals surface area contributed by atoms with Crippen LogP contribution in [0.4, 0.5) is 4.39 Å². The van der Waals surface area contributed by atoms with E-state index in [1.165, 1.54) is 18.2 Å². The highest BCUT2D eigenvalue weighted by molar-refractivity contribution is 7.93. The Labute approximate surface area is 105 Å². The summed E-state index contributed by atoms with van der Waals surface area (Å²) in [5, 5.41) is 10.0. The molecule has 1 N–H and O–H groups in total. The number of halogens is 2. The first-order valence-electron chi connectivity index (χ1n) is 5.04. The van der Waals surface area contributed by atoms with E-state index in [-0.39, 0.29) is 12.0 Å². The van der Waals surface area contributed by atoms with E-state index in [1.54, 1.807) is 6.92 Å². The number of rotatable bonds is 4. The van der Waals surface area contributed by atoms with E-state index in [2.05, 4.69) is 0 Å². The molecule has 17 heavy (non-hydrogen) atoms.